The minimum Gasteiger partial charge on any atom is -0.376 e. The summed E-state index contributed by atoms with van der Waals surface area (Å²) >= 11 is 0. The van der Waals surface area contributed by atoms with Crippen LogP contribution in [-0.2, 0) is 14.3 Å². The first-order valence-corrected chi connectivity index (χ1v) is 7.64. The van der Waals surface area contributed by atoms with Gasteiger partial charge in [-0.05, 0) is 24.6 Å². The van der Waals surface area contributed by atoms with Crippen LogP contribution in [0.1, 0.15) is 24.9 Å². The number of para-hydroxylation sites is 1. The van der Waals surface area contributed by atoms with Crippen LogP contribution in [0.2, 0.25) is 0 Å². The van der Waals surface area contributed by atoms with Crippen molar-refractivity contribution < 1.29 is 14.3 Å². The molecule has 5 nitrogen and oxygen atoms in total. The second-order valence-corrected chi connectivity index (χ2v) is 5.38. The summed E-state index contributed by atoms with van der Waals surface area (Å²) in [4.78, 5) is 14.5. The lowest BCUT2D eigenvalue weighted by atomic mass is 9.96. The van der Waals surface area contributed by atoms with Gasteiger partial charge in [-0.3, -0.25) is 4.79 Å². The highest BCUT2D eigenvalue weighted by atomic mass is 16.6. The van der Waals surface area contributed by atoms with E-state index in [-0.39, 0.29) is 5.91 Å². The molecule has 1 fully saturated rings. The Morgan fingerprint density at radius 2 is 2.24 bits per heavy atom. The van der Waals surface area contributed by atoms with Gasteiger partial charge in [0.15, 0.2) is 6.10 Å². The van der Waals surface area contributed by atoms with Gasteiger partial charge in [0.1, 0.15) is 0 Å². The number of rotatable bonds is 3. The molecule has 2 unspecified atom stereocenters. The molecular weight excluding hydrogens is 268 g/mol. The van der Waals surface area contributed by atoms with Gasteiger partial charge in [-0.1, -0.05) is 25.1 Å². The van der Waals surface area contributed by atoms with Gasteiger partial charge < -0.3 is 19.7 Å². The molecule has 2 aliphatic rings. The normalized spacial score (nSPS) is 25.5. The SMILES string of the molecule is CCNC1CCN(C(=O)C2COCCO2)c2ccccc21. The van der Waals surface area contributed by atoms with E-state index in [1.807, 2.05) is 23.1 Å². The van der Waals surface area contributed by atoms with Crippen molar-refractivity contribution in [1.82, 2.24) is 5.32 Å². The molecule has 0 aliphatic carbocycles. The quantitative estimate of drug-likeness (QED) is 0.916. The molecule has 2 aliphatic heterocycles. The highest BCUT2D eigenvalue weighted by Gasteiger charge is 2.33. The van der Waals surface area contributed by atoms with Crippen molar-refractivity contribution in [3.8, 4) is 0 Å². The maximum Gasteiger partial charge on any atom is 0.258 e. The molecule has 114 valence electrons. The zero-order valence-corrected chi connectivity index (χ0v) is 12.4. The summed E-state index contributed by atoms with van der Waals surface area (Å²) < 4.78 is 10.9. The molecule has 0 aromatic heterocycles. The third-order valence-corrected chi connectivity index (χ3v) is 4.05. The summed E-state index contributed by atoms with van der Waals surface area (Å²) in [6.07, 6.45) is 0.451. The smallest absolute Gasteiger partial charge is 0.258 e. The van der Waals surface area contributed by atoms with Gasteiger partial charge in [-0.2, -0.15) is 0 Å². The highest BCUT2D eigenvalue weighted by molar-refractivity contribution is 5.98. The maximum atomic E-state index is 12.7. The first-order valence-electron chi connectivity index (χ1n) is 7.64. The maximum absolute atomic E-state index is 12.7. The fourth-order valence-corrected chi connectivity index (χ4v) is 3.05. The lowest BCUT2D eigenvalue weighted by molar-refractivity contribution is -0.144. The van der Waals surface area contributed by atoms with Crippen LogP contribution in [0.25, 0.3) is 0 Å². The van der Waals surface area contributed by atoms with Crippen LogP contribution in [0.5, 0.6) is 0 Å². The largest absolute Gasteiger partial charge is 0.376 e. The second kappa shape index (κ2) is 6.56. The van der Waals surface area contributed by atoms with Gasteiger partial charge in [0, 0.05) is 18.3 Å². The summed E-state index contributed by atoms with van der Waals surface area (Å²) in [5, 5.41) is 3.49. The van der Waals surface area contributed by atoms with E-state index in [1.165, 1.54) is 5.56 Å². The number of nitrogens with one attached hydrogen (secondary N) is 1. The molecule has 0 bridgehead atoms. The van der Waals surface area contributed by atoms with Crippen molar-refractivity contribution in [3.05, 3.63) is 29.8 Å². The number of hydrogen-bond acceptors (Lipinski definition) is 4. The van der Waals surface area contributed by atoms with Gasteiger partial charge >= 0.3 is 0 Å². The molecule has 2 atom stereocenters. The molecule has 5 heteroatoms. The molecule has 0 spiro atoms. The number of nitrogens with zero attached hydrogens (tertiary/aromatic N) is 1. The van der Waals surface area contributed by atoms with Crippen LogP contribution in [0.4, 0.5) is 5.69 Å². The van der Waals surface area contributed by atoms with Crippen LogP contribution < -0.4 is 10.2 Å². The Hall–Kier alpha value is -1.43. The molecule has 0 radical (unpaired) electrons. The van der Waals surface area contributed by atoms with Crippen LogP contribution in [-0.4, -0.2) is 44.9 Å². The highest BCUT2D eigenvalue weighted by Crippen LogP contribution is 2.34. The second-order valence-electron chi connectivity index (χ2n) is 5.38. The van der Waals surface area contributed by atoms with Gasteiger partial charge in [0.2, 0.25) is 0 Å². The predicted molar refractivity (Wildman–Crippen MR) is 80.4 cm³/mol. The van der Waals surface area contributed by atoms with E-state index in [2.05, 4.69) is 18.3 Å². The van der Waals surface area contributed by atoms with E-state index in [4.69, 9.17) is 9.47 Å². The number of fused-ring (bicyclic) bond motifs is 1. The number of carbonyl (C=O) groups excluding carboxylic acids is 1. The van der Waals surface area contributed by atoms with E-state index in [0.717, 1.165) is 18.7 Å². The van der Waals surface area contributed by atoms with E-state index < -0.39 is 6.10 Å². The topological polar surface area (TPSA) is 50.8 Å². The van der Waals surface area contributed by atoms with Gasteiger partial charge in [-0.15, -0.1) is 0 Å². The third kappa shape index (κ3) is 2.95. The summed E-state index contributed by atoms with van der Waals surface area (Å²) in [5.74, 6) is 0.0112. The molecule has 3 rings (SSSR count). The first kappa shape index (κ1) is 14.5. The van der Waals surface area contributed by atoms with Crippen LogP contribution in [0.15, 0.2) is 24.3 Å². The number of ether oxygens (including phenoxy) is 2. The minimum absolute atomic E-state index is 0.0112. The Morgan fingerprint density at radius 1 is 1.38 bits per heavy atom. The van der Waals surface area contributed by atoms with Crippen molar-refractivity contribution in [1.29, 1.82) is 0 Å². The monoisotopic (exact) mass is 290 g/mol. The fourth-order valence-electron chi connectivity index (χ4n) is 3.05. The minimum atomic E-state index is -0.470. The van der Waals surface area contributed by atoms with Crippen molar-refractivity contribution in [2.75, 3.05) is 37.8 Å². The molecule has 1 amide bonds. The molecule has 2 heterocycles. The zero-order valence-electron chi connectivity index (χ0n) is 12.4. The number of benzene rings is 1. The molecule has 1 saturated heterocycles. The average molecular weight is 290 g/mol. The average Bonchev–Trinajstić information content (AvgIpc) is 2.56. The Balaban J connectivity index is 1.83. The van der Waals surface area contributed by atoms with Crippen LogP contribution in [0.3, 0.4) is 0 Å². The Bertz CT molecular complexity index is 500. The Kier molecular flexibility index (Phi) is 4.53. The van der Waals surface area contributed by atoms with Gasteiger partial charge in [-0.25, -0.2) is 0 Å². The zero-order chi connectivity index (χ0) is 14.7. The molecular formula is C16H22N2O3. The molecule has 21 heavy (non-hydrogen) atoms. The Morgan fingerprint density at radius 3 is 3.00 bits per heavy atom. The van der Waals surface area contributed by atoms with Crippen LogP contribution in [0, 0.1) is 0 Å². The number of hydrogen-bond donors (Lipinski definition) is 1. The lowest BCUT2D eigenvalue weighted by Gasteiger charge is -2.37. The third-order valence-electron chi connectivity index (χ3n) is 4.05. The van der Waals surface area contributed by atoms with Crippen molar-refractivity contribution in [2.45, 2.75) is 25.5 Å². The molecule has 1 aromatic rings. The lowest BCUT2D eigenvalue weighted by Crippen LogP contribution is -2.48. The summed E-state index contributed by atoms with van der Waals surface area (Å²) in [6, 6.07) is 8.43. The number of carbonyl (C=O) groups is 1. The molecule has 1 N–H and O–H groups in total. The fraction of sp³-hybridized carbons (Fsp3) is 0.562. The van der Waals surface area contributed by atoms with E-state index in [1.54, 1.807) is 0 Å². The van der Waals surface area contributed by atoms with E-state index in [9.17, 15) is 4.79 Å². The van der Waals surface area contributed by atoms with Crippen molar-refractivity contribution in [3.63, 3.8) is 0 Å². The molecule has 1 aromatic carbocycles. The van der Waals surface area contributed by atoms with Crippen LogP contribution >= 0.6 is 0 Å². The molecule has 0 saturated carbocycles. The van der Waals surface area contributed by atoms with Gasteiger partial charge in [0.25, 0.3) is 5.91 Å². The summed E-state index contributed by atoms with van der Waals surface area (Å²) in [6.45, 7) is 5.16. The first-order chi connectivity index (χ1) is 10.3. The summed E-state index contributed by atoms with van der Waals surface area (Å²) in [7, 11) is 0. The predicted octanol–water partition coefficient (Wildman–Crippen LogP) is 1.49. The van der Waals surface area contributed by atoms with E-state index in [0.29, 0.717) is 32.4 Å². The van der Waals surface area contributed by atoms with Crippen molar-refractivity contribution in [2.24, 2.45) is 0 Å². The van der Waals surface area contributed by atoms with Crippen molar-refractivity contribution >= 4 is 11.6 Å². The Labute approximate surface area is 125 Å². The van der Waals surface area contributed by atoms with Gasteiger partial charge in [0.05, 0.1) is 19.8 Å². The standard InChI is InChI=1S/C16H22N2O3/c1-2-17-13-7-8-18(14-6-4-3-5-12(13)14)16(19)15-11-20-9-10-21-15/h3-6,13,15,17H,2,7-11H2,1H3. The van der Waals surface area contributed by atoms with E-state index >= 15 is 0 Å². The summed E-state index contributed by atoms with van der Waals surface area (Å²) in [5.41, 5.74) is 2.18. The number of amides is 1. The number of anilines is 1.